The topological polar surface area (TPSA) is 60.2 Å². The Morgan fingerprint density at radius 3 is 3.11 bits per heavy atom. The maximum absolute atomic E-state index is 6.71. The molecule has 0 aromatic carbocycles. The fourth-order valence-electron chi connectivity index (χ4n) is 3.69. The van der Waals surface area contributed by atoms with Crippen LogP contribution >= 0.6 is 11.3 Å². The van der Waals surface area contributed by atoms with E-state index in [2.05, 4.69) is 31.1 Å². The number of aromatic nitrogens is 1. The molecule has 1 aliphatic carbocycles. The third-order valence-corrected chi connectivity index (χ3v) is 6.15. The molecule has 1 aromatic rings. The van der Waals surface area contributed by atoms with Crippen LogP contribution in [-0.2, 0) is 4.74 Å². The molecule has 2 heterocycles. The fraction of sp³-hybridized carbons (Fsp3) is 0.786. The number of nitrogens with two attached hydrogens (primary N) is 1. The van der Waals surface area contributed by atoms with Gasteiger partial charge in [-0.1, -0.05) is 13.8 Å². The van der Waals surface area contributed by atoms with Crippen LogP contribution in [-0.4, -0.2) is 29.8 Å². The van der Waals surface area contributed by atoms with E-state index < -0.39 is 0 Å². The first-order chi connectivity index (χ1) is 8.97. The van der Waals surface area contributed by atoms with E-state index in [1.807, 2.05) is 11.6 Å². The maximum Gasteiger partial charge on any atom is 0.109 e. The molecular formula is C14H23N3OS. The van der Waals surface area contributed by atoms with Crippen LogP contribution in [0.4, 0.5) is 0 Å². The quantitative estimate of drug-likeness (QED) is 0.885. The molecule has 3 N–H and O–H groups in total. The summed E-state index contributed by atoms with van der Waals surface area (Å²) in [7, 11) is 0. The zero-order valence-corrected chi connectivity index (χ0v) is 12.7. The Morgan fingerprint density at radius 1 is 1.63 bits per heavy atom. The van der Waals surface area contributed by atoms with Gasteiger partial charge in [0, 0.05) is 41.6 Å². The molecule has 0 amide bonds. The van der Waals surface area contributed by atoms with E-state index in [4.69, 9.17) is 10.5 Å². The predicted octanol–water partition coefficient (Wildman–Crippen LogP) is 1.94. The van der Waals surface area contributed by atoms with E-state index in [1.54, 1.807) is 11.3 Å². The van der Waals surface area contributed by atoms with Crippen LogP contribution in [0.2, 0.25) is 0 Å². The lowest BCUT2D eigenvalue weighted by Crippen LogP contribution is -2.78. The van der Waals surface area contributed by atoms with Gasteiger partial charge in [-0.25, -0.2) is 4.98 Å². The number of rotatable bonds is 4. The summed E-state index contributed by atoms with van der Waals surface area (Å²) in [6.07, 6.45) is 3.29. The monoisotopic (exact) mass is 281 g/mol. The number of fused-ring (bicyclic) bond motifs is 1. The molecule has 0 radical (unpaired) electrons. The van der Waals surface area contributed by atoms with E-state index in [0.717, 1.165) is 24.6 Å². The second-order valence-corrected chi connectivity index (χ2v) is 7.35. The highest BCUT2D eigenvalue weighted by atomic mass is 32.1. The Kier molecular flexibility index (Phi) is 3.21. The maximum atomic E-state index is 6.71. The number of thiazole rings is 1. The lowest BCUT2D eigenvalue weighted by atomic mass is 9.48. The molecule has 1 aromatic heterocycles. The van der Waals surface area contributed by atoms with Gasteiger partial charge in [0.25, 0.3) is 0 Å². The van der Waals surface area contributed by atoms with Gasteiger partial charge in [-0.2, -0.15) is 0 Å². The van der Waals surface area contributed by atoms with Crippen LogP contribution in [0.1, 0.15) is 38.2 Å². The second kappa shape index (κ2) is 4.52. The van der Waals surface area contributed by atoms with Crippen LogP contribution in [0, 0.1) is 11.3 Å². The van der Waals surface area contributed by atoms with Gasteiger partial charge >= 0.3 is 0 Å². The highest BCUT2D eigenvalue weighted by molar-refractivity contribution is 7.09. The Hall–Kier alpha value is -0.490. The SMILES string of the molecule is CC(NCC1(N)C2CCOC2C1(C)C)c1nccs1. The Morgan fingerprint density at radius 2 is 2.42 bits per heavy atom. The van der Waals surface area contributed by atoms with Crippen LogP contribution in [0.15, 0.2) is 11.6 Å². The molecule has 3 rings (SSSR count). The minimum atomic E-state index is -0.167. The average molecular weight is 281 g/mol. The third kappa shape index (κ3) is 1.87. The molecule has 4 atom stereocenters. The number of ether oxygens (including phenoxy) is 1. The van der Waals surface area contributed by atoms with Crippen LogP contribution in [0.3, 0.4) is 0 Å². The largest absolute Gasteiger partial charge is 0.377 e. The van der Waals surface area contributed by atoms with Crippen molar-refractivity contribution < 1.29 is 4.74 Å². The molecule has 19 heavy (non-hydrogen) atoms. The van der Waals surface area contributed by atoms with E-state index in [0.29, 0.717) is 12.0 Å². The average Bonchev–Trinajstić information content (AvgIpc) is 3.04. The number of nitrogens with one attached hydrogen (secondary N) is 1. The molecular weight excluding hydrogens is 258 g/mol. The molecule has 4 unspecified atom stereocenters. The van der Waals surface area contributed by atoms with E-state index in [9.17, 15) is 0 Å². The van der Waals surface area contributed by atoms with Crippen molar-refractivity contribution in [2.24, 2.45) is 17.1 Å². The summed E-state index contributed by atoms with van der Waals surface area (Å²) < 4.78 is 5.82. The smallest absolute Gasteiger partial charge is 0.109 e. The van der Waals surface area contributed by atoms with Gasteiger partial charge in [0.2, 0.25) is 0 Å². The number of hydrogen-bond acceptors (Lipinski definition) is 5. The van der Waals surface area contributed by atoms with Gasteiger partial charge in [-0.05, 0) is 13.3 Å². The highest BCUT2D eigenvalue weighted by Gasteiger charge is 2.67. The summed E-state index contributed by atoms with van der Waals surface area (Å²) in [6.45, 7) is 8.30. The lowest BCUT2D eigenvalue weighted by molar-refractivity contribution is -0.154. The zero-order chi connectivity index (χ0) is 13.7. The van der Waals surface area contributed by atoms with Crippen LogP contribution in [0.25, 0.3) is 0 Å². The standard InChI is InChI=1S/C14H23N3OS/c1-9(12-16-5-7-19-12)17-8-14(15)10-4-6-18-11(10)13(14,2)3/h5,7,9-11,17H,4,6,8,15H2,1-3H3. The Labute approximate surface area is 118 Å². The minimum Gasteiger partial charge on any atom is -0.377 e. The molecule has 1 aliphatic heterocycles. The molecule has 4 nitrogen and oxygen atoms in total. The summed E-state index contributed by atoms with van der Waals surface area (Å²) in [5, 5.41) is 6.70. The van der Waals surface area contributed by atoms with E-state index in [-0.39, 0.29) is 17.0 Å². The summed E-state index contributed by atoms with van der Waals surface area (Å²) in [5.41, 5.74) is 6.59. The van der Waals surface area contributed by atoms with Gasteiger partial charge < -0.3 is 15.8 Å². The van der Waals surface area contributed by atoms with Crippen molar-refractivity contribution in [3.05, 3.63) is 16.6 Å². The van der Waals surface area contributed by atoms with Crippen LogP contribution in [0.5, 0.6) is 0 Å². The first kappa shape index (κ1) is 13.5. The van der Waals surface area contributed by atoms with Crippen molar-refractivity contribution in [1.29, 1.82) is 0 Å². The lowest BCUT2D eigenvalue weighted by Gasteiger charge is -2.62. The summed E-state index contributed by atoms with van der Waals surface area (Å²) >= 11 is 1.69. The molecule has 2 aliphatic rings. The van der Waals surface area contributed by atoms with Crippen molar-refractivity contribution in [1.82, 2.24) is 10.3 Å². The van der Waals surface area contributed by atoms with E-state index in [1.165, 1.54) is 0 Å². The van der Waals surface area contributed by atoms with Crippen molar-refractivity contribution in [3.63, 3.8) is 0 Å². The van der Waals surface area contributed by atoms with Gasteiger partial charge in [0.1, 0.15) is 5.01 Å². The normalized spacial score (nSPS) is 37.7. The van der Waals surface area contributed by atoms with Crippen LogP contribution < -0.4 is 11.1 Å². The van der Waals surface area contributed by atoms with Gasteiger partial charge in [-0.3, -0.25) is 0 Å². The Balaban J connectivity index is 1.66. The molecule has 0 bridgehead atoms. The predicted molar refractivity (Wildman–Crippen MR) is 77.1 cm³/mol. The van der Waals surface area contributed by atoms with Crippen molar-refractivity contribution in [2.45, 2.75) is 44.9 Å². The molecule has 1 saturated carbocycles. The number of nitrogens with zero attached hydrogens (tertiary/aromatic N) is 1. The first-order valence-electron chi connectivity index (χ1n) is 7.00. The molecule has 0 spiro atoms. The van der Waals surface area contributed by atoms with Gasteiger partial charge in [-0.15, -0.1) is 11.3 Å². The third-order valence-electron chi connectivity index (χ3n) is 5.19. The van der Waals surface area contributed by atoms with Gasteiger partial charge in [0.15, 0.2) is 0 Å². The van der Waals surface area contributed by atoms with Crippen molar-refractivity contribution in [3.8, 4) is 0 Å². The number of hydrogen-bond donors (Lipinski definition) is 2. The Bertz CT molecular complexity index is 448. The molecule has 106 valence electrons. The summed E-state index contributed by atoms with van der Waals surface area (Å²) in [6, 6.07) is 0.262. The molecule has 5 heteroatoms. The zero-order valence-electron chi connectivity index (χ0n) is 11.8. The summed E-state index contributed by atoms with van der Waals surface area (Å²) in [5.74, 6) is 0.499. The first-order valence-corrected chi connectivity index (χ1v) is 7.88. The van der Waals surface area contributed by atoms with Crippen molar-refractivity contribution in [2.75, 3.05) is 13.2 Å². The fourth-order valence-corrected chi connectivity index (χ4v) is 4.36. The summed E-state index contributed by atoms with van der Waals surface area (Å²) in [4.78, 5) is 4.35. The second-order valence-electron chi connectivity index (χ2n) is 6.42. The van der Waals surface area contributed by atoms with Gasteiger partial charge in [0.05, 0.1) is 12.1 Å². The van der Waals surface area contributed by atoms with Crippen molar-refractivity contribution >= 4 is 11.3 Å². The van der Waals surface area contributed by atoms with E-state index >= 15 is 0 Å². The minimum absolute atomic E-state index is 0.0454. The molecule has 1 saturated heterocycles. The molecule has 2 fully saturated rings. The highest BCUT2D eigenvalue weighted by Crippen LogP contribution is 2.57.